The van der Waals surface area contributed by atoms with Gasteiger partial charge in [0.2, 0.25) is 0 Å². The van der Waals surface area contributed by atoms with E-state index in [1.165, 1.54) is 0 Å². The molecule has 0 bridgehead atoms. The molecule has 96 heavy (non-hydrogen) atoms. The second-order valence-corrected chi connectivity index (χ2v) is 24.3. The van der Waals surface area contributed by atoms with Crippen LogP contribution in [-0.4, -0.2) is 28.7 Å². The molecule has 0 aliphatic heterocycles. The highest BCUT2D eigenvalue weighted by atomic mass is 15.1. The van der Waals surface area contributed by atoms with Gasteiger partial charge in [-0.2, -0.15) is 10.5 Å². The molecule has 0 fully saturated rings. The molecular formula is C87H57N9. The summed E-state index contributed by atoms with van der Waals surface area (Å²) >= 11 is 0. The molecule has 0 saturated heterocycles. The first-order valence-electron chi connectivity index (χ1n) is 31.9. The van der Waals surface area contributed by atoms with Gasteiger partial charge in [0.1, 0.15) is 17.5 Å². The zero-order chi connectivity index (χ0) is 65.0. The number of nitrogens with zero attached hydrogens (tertiary/aromatic N) is 9. The first-order chi connectivity index (χ1) is 47.2. The van der Waals surface area contributed by atoms with Gasteiger partial charge >= 0.3 is 0 Å². The van der Waals surface area contributed by atoms with E-state index in [2.05, 4.69) is 233 Å². The van der Waals surface area contributed by atoms with Gasteiger partial charge in [-0.15, -0.1) is 0 Å². The van der Waals surface area contributed by atoms with E-state index in [0.29, 0.717) is 16.8 Å². The van der Waals surface area contributed by atoms with Crippen LogP contribution in [0.5, 0.6) is 0 Å². The van der Waals surface area contributed by atoms with Crippen LogP contribution in [0.2, 0.25) is 0 Å². The van der Waals surface area contributed by atoms with E-state index in [4.69, 9.17) is 21.5 Å². The van der Waals surface area contributed by atoms with E-state index in [9.17, 15) is 10.5 Å². The number of hydrogen-bond acceptors (Lipinski definition) is 5. The van der Waals surface area contributed by atoms with Gasteiger partial charge in [-0.05, 0) is 186 Å². The van der Waals surface area contributed by atoms with Crippen LogP contribution in [0.1, 0.15) is 27.8 Å². The lowest BCUT2D eigenvalue weighted by Crippen LogP contribution is -1.99. The summed E-state index contributed by atoms with van der Waals surface area (Å²) in [4.78, 5) is 19.8. The number of rotatable bonds is 12. The van der Waals surface area contributed by atoms with Crippen molar-refractivity contribution < 1.29 is 0 Å². The number of nitriles is 2. The molecule has 0 unspecified atom stereocenters. The van der Waals surface area contributed by atoms with Crippen molar-refractivity contribution in [3.8, 4) is 130 Å². The second-order valence-electron chi connectivity index (χ2n) is 24.3. The first kappa shape index (κ1) is 57.9. The molecule has 9 heteroatoms. The number of imidazole rings is 3. The Balaban J connectivity index is 0.863. The lowest BCUT2D eigenvalue weighted by atomic mass is 9.85. The van der Waals surface area contributed by atoms with Gasteiger partial charge in [-0.1, -0.05) is 199 Å². The first-order valence-corrected chi connectivity index (χ1v) is 31.9. The van der Waals surface area contributed by atoms with Crippen LogP contribution in [0.4, 0.5) is 5.69 Å². The van der Waals surface area contributed by atoms with Gasteiger partial charge in [0.25, 0.3) is 0 Å². The van der Waals surface area contributed by atoms with Crippen molar-refractivity contribution >= 4 is 38.8 Å². The van der Waals surface area contributed by atoms with Crippen LogP contribution < -0.4 is 0 Å². The highest BCUT2D eigenvalue weighted by Gasteiger charge is 2.24. The van der Waals surface area contributed by atoms with Crippen LogP contribution in [0.3, 0.4) is 0 Å². The number of aryl methyl sites for hydroxylation is 3. The standard InChI is InChI=1S/C87H57N9/c1-55-29-38-66(39-30-55)94-82-26-14-11-23-78(82)91-85(94)58-35-44-72(64(47-58)53-88)74-20-8-5-17-69(74)61-49-62(70-18-6-9-21-75(70)73-45-36-59(48-65(73)54-89)86-92-79-24-12-15-27-83(79)95(86)67-40-31-56(2)32-41-67)51-63(50-61)71-19-7-10-22-76(71)77-46-37-60(52-81(77)90-4)87-93-80-25-13-16-28-84(80)96(87)68-42-33-57(3)34-43-68/h5-52H,1-3H3. The normalized spacial score (nSPS) is 11.2. The summed E-state index contributed by atoms with van der Waals surface area (Å²) < 4.78 is 6.50. The van der Waals surface area contributed by atoms with Crippen molar-refractivity contribution in [3.63, 3.8) is 0 Å². The van der Waals surface area contributed by atoms with Crippen molar-refractivity contribution in [2.24, 2.45) is 0 Å². The van der Waals surface area contributed by atoms with E-state index in [-0.39, 0.29) is 0 Å². The molecule has 13 aromatic carbocycles. The number of benzene rings is 13. The molecule has 0 saturated carbocycles. The average molecular weight is 1230 g/mol. The minimum absolute atomic E-state index is 0.485. The summed E-state index contributed by atoms with van der Waals surface area (Å²) in [7, 11) is 0. The minimum Gasteiger partial charge on any atom is -0.292 e. The molecule has 16 aromatic rings. The highest BCUT2D eigenvalue weighted by molar-refractivity contribution is 5.98. The Bertz CT molecular complexity index is 5310. The van der Waals surface area contributed by atoms with E-state index < -0.39 is 0 Å². The Hall–Kier alpha value is -13.3. The third-order valence-corrected chi connectivity index (χ3v) is 18.2. The predicted octanol–water partition coefficient (Wildman–Crippen LogP) is 21.9. The summed E-state index contributed by atoms with van der Waals surface area (Å²) in [6, 6.07) is 105. The maximum atomic E-state index is 11.3. The van der Waals surface area contributed by atoms with E-state index in [0.717, 1.165) is 168 Å². The van der Waals surface area contributed by atoms with Crippen molar-refractivity contribution in [3.05, 3.63) is 330 Å². The van der Waals surface area contributed by atoms with Crippen LogP contribution in [0, 0.1) is 50.0 Å². The number of fused-ring (bicyclic) bond motifs is 3. The summed E-state index contributed by atoms with van der Waals surface area (Å²) in [5.74, 6) is 2.22. The van der Waals surface area contributed by atoms with Crippen LogP contribution in [-0.2, 0) is 0 Å². The fourth-order valence-corrected chi connectivity index (χ4v) is 13.5. The molecule has 16 rings (SSSR count). The van der Waals surface area contributed by atoms with E-state index in [1.54, 1.807) is 0 Å². The van der Waals surface area contributed by atoms with Crippen molar-refractivity contribution in [1.82, 2.24) is 28.7 Å². The van der Waals surface area contributed by atoms with Crippen LogP contribution in [0.25, 0.3) is 156 Å². The Morgan fingerprint density at radius 3 is 0.917 bits per heavy atom. The highest BCUT2D eigenvalue weighted by Crippen LogP contribution is 2.46. The smallest absolute Gasteiger partial charge is 0.195 e. The van der Waals surface area contributed by atoms with E-state index >= 15 is 0 Å². The lowest BCUT2D eigenvalue weighted by Gasteiger charge is -2.19. The maximum Gasteiger partial charge on any atom is 0.195 e. The molecule has 0 aliphatic rings. The molecular weight excluding hydrogens is 1170 g/mol. The fraction of sp³-hybridized carbons (Fsp3) is 0.0345. The Labute approximate surface area is 556 Å². The molecule has 450 valence electrons. The van der Waals surface area contributed by atoms with Gasteiger partial charge in [0.15, 0.2) is 5.69 Å². The predicted molar refractivity (Wildman–Crippen MR) is 389 cm³/mol. The Morgan fingerprint density at radius 2 is 0.583 bits per heavy atom. The second kappa shape index (κ2) is 24.1. The number of para-hydroxylation sites is 6. The van der Waals surface area contributed by atoms with Crippen molar-refractivity contribution in [1.29, 1.82) is 10.5 Å². The summed E-state index contributed by atoms with van der Waals surface area (Å²) in [6.07, 6.45) is 0. The third kappa shape index (κ3) is 10.3. The number of hydrogen-bond donors (Lipinski definition) is 0. The molecule has 0 radical (unpaired) electrons. The third-order valence-electron chi connectivity index (χ3n) is 18.2. The average Bonchev–Trinajstić information content (AvgIpc) is 1.47. The quantitative estimate of drug-likeness (QED) is 0.113. The molecule has 9 nitrogen and oxygen atoms in total. The largest absolute Gasteiger partial charge is 0.292 e. The topological polar surface area (TPSA) is 105 Å². The van der Waals surface area contributed by atoms with Crippen molar-refractivity contribution in [2.75, 3.05) is 0 Å². The van der Waals surface area contributed by atoms with Crippen molar-refractivity contribution in [2.45, 2.75) is 20.8 Å². The summed E-state index contributed by atoms with van der Waals surface area (Å²) in [5.41, 5.74) is 26.2. The van der Waals surface area contributed by atoms with Gasteiger partial charge in [0.05, 0.1) is 62.9 Å². The van der Waals surface area contributed by atoms with Crippen LogP contribution >= 0.6 is 0 Å². The van der Waals surface area contributed by atoms with Crippen LogP contribution in [0.15, 0.2) is 291 Å². The monoisotopic (exact) mass is 1230 g/mol. The van der Waals surface area contributed by atoms with Gasteiger partial charge in [-0.25, -0.2) is 19.8 Å². The van der Waals surface area contributed by atoms with Gasteiger partial charge in [-0.3, -0.25) is 13.7 Å². The zero-order valence-electron chi connectivity index (χ0n) is 52.7. The molecule has 3 heterocycles. The number of aromatic nitrogens is 6. The Kier molecular flexibility index (Phi) is 14.5. The molecule has 3 aromatic heterocycles. The molecule has 0 atom stereocenters. The summed E-state index contributed by atoms with van der Waals surface area (Å²) in [5, 5.41) is 22.5. The molecule has 0 N–H and O–H groups in total. The molecule has 0 spiro atoms. The molecule has 0 amide bonds. The maximum absolute atomic E-state index is 11.3. The lowest BCUT2D eigenvalue weighted by molar-refractivity contribution is 1.10. The summed E-state index contributed by atoms with van der Waals surface area (Å²) in [6.45, 7) is 15.1. The SMILES string of the molecule is [C-]#[N+]c1cc(-c2nc3ccccc3n2-c2ccc(C)cc2)ccc1-c1ccccc1-c1cc(-c2ccccc2-c2ccc(-c3nc4ccccc4n3-c3ccc(C)cc3)cc2C#N)cc(-c2ccccc2-c2ccc(-c3nc4ccccc4n3-c3ccc(C)cc3)cc2C#N)c1. The molecule has 0 aliphatic carbocycles. The minimum atomic E-state index is 0.485. The van der Waals surface area contributed by atoms with Gasteiger partial charge in [0, 0.05) is 44.9 Å². The van der Waals surface area contributed by atoms with E-state index in [1.807, 2.05) is 109 Å². The fourth-order valence-electron chi connectivity index (χ4n) is 13.5. The zero-order valence-corrected chi connectivity index (χ0v) is 52.7. The van der Waals surface area contributed by atoms with Gasteiger partial charge < -0.3 is 0 Å². The Morgan fingerprint density at radius 1 is 0.292 bits per heavy atom.